The second-order valence-corrected chi connectivity index (χ2v) is 7.66. The van der Waals surface area contributed by atoms with E-state index in [9.17, 15) is 4.21 Å². The van der Waals surface area contributed by atoms with Gasteiger partial charge in [0.25, 0.3) is 0 Å². The average Bonchev–Trinajstić information content (AvgIpc) is 2.63. The Kier molecular flexibility index (Phi) is 5.56. The number of rotatable bonds is 6. The highest BCUT2D eigenvalue weighted by molar-refractivity contribution is 7.85. The Balaban J connectivity index is 2.18. The fraction of sp³-hybridized carbons (Fsp3) is 0.300. The van der Waals surface area contributed by atoms with Crippen molar-refractivity contribution in [2.75, 3.05) is 32.3 Å². The van der Waals surface area contributed by atoms with Gasteiger partial charge in [0.05, 0.1) is 19.5 Å². The predicted molar refractivity (Wildman–Crippen MR) is 102 cm³/mol. The van der Waals surface area contributed by atoms with Crippen molar-refractivity contribution >= 4 is 16.4 Å². The molecule has 0 saturated carbocycles. The minimum Gasteiger partial charge on any atom is -0.497 e. The van der Waals surface area contributed by atoms with Gasteiger partial charge in [0.2, 0.25) is 0 Å². The highest BCUT2D eigenvalue weighted by Gasteiger charge is 2.25. The number of methoxy groups -OCH3 is 1. The number of hydrogen-bond acceptors (Lipinski definition) is 4. The third-order valence-corrected chi connectivity index (χ3v) is 5.66. The molecule has 1 aliphatic rings. The molecule has 132 valence electrons. The van der Waals surface area contributed by atoms with Crippen molar-refractivity contribution in [1.82, 2.24) is 4.90 Å². The van der Waals surface area contributed by atoms with Gasteiger partial charge in [0.15, 0.2) is 0 Å². The fourth-order valence-corrected chi connectivity index (χ4v) is 4.20. The molecule has 0 bridgehead atoms. The number of hydrogen-bond donors (Lipinski definition) is 1. The lowest BCUT2D eigenvalue weighted by atomic mass is 9.89. The van der Waals surface area contributed by atoms with Gasteiger partial charge in [-0.25, -0.2) is 0 Å². The summed E-state index contributed by atoms with van der Waals surface area (Å²) in [6.45, 7) is 0.704. The van der Waals surface area contributed by atoms with E-state index >= 15 is 0 Å². The zero-order valence-electron chi connectivity index (χ0n) is 14.6. The van der Waals surface area contributed by atoms with Gasteiger partial charge in [0, 0.05) is 41.4 Å². The normalized spacial score (nSPS) is 15.1. The van der Waals surface area contributed by atoms with Crippen LogP contribution in [0.1, 0.15) is 16.7 Å². The molecule has 4 nitrogen and oxygen atoms in total. The first-order valence-electron chi connectivity index (χ1n) is 8.27. The van der Waals surface area contributed by atoms with E-state index in [1.54, 1.807) is 7.11 Å². The molecular formula is C20H23NO3S. The van der Waals surface area contributed by atoms with Crippen LogP contribution in [0.3, 0.4) is 0 Å². The van der Waals surface area contributed by atoms with Gasteiger partial charge < -0.3 is 14.7 Å². The summed E-state index contributed by atoms with van der Waals surface area (Å²) in [5.41, 5.74) is 5.58. The average molecular weight is 357 g/mol. The van der Waals surface area contributed by atoms with E-state index < -0.39 is 10.8 Å². The summed E-state index contributed by atoms with van der Waals surface area (Å²) in [5, 5.41) is 9.10. The van der Waals surface area contributed by atoms with E-state index in [1.165, 1.54) is 5.56 Å². The quantitative estimate of drug-likeness (QED) is 0.863. The minimum absolute atomic E-state index is 0.0608. The summed E-state index contributed by atoms with van der Waals surface area (Å²) in [7, 11) is 2.60. The lowest BCUT2D eigenvalue weighted by molar-refractivity contribution is 0.321. The maximum atomic E-state index is 12.3. The topological polar surface area (TPSA) is 49.8 Å². The van der Waals surface area contributed by atoms with Crippen LogP contribution in [0.25, 0.3) is 5.57 Å². The van der Waals surface area contributed by atoms with E-state index in [1.807, 2.05) is 31.3 Å². The second kappa shape index (κ2) is 7.85. The van der Waals surface area contributed by atoms with Crippen LogP contribution in [-0.4, -0.2) is 46.5 Å². The molecule has 3 rings (SSSR count). The van der Waals surface area contributed by atoms with Crippen LogP contribution in [0.5, 0.6) is 5.75 Å². The summed E-state index contributed by atoms with van der Waals surface area (Å²) in [5.74, 6) is 1.54. The molecule has 5 heteroatoms. The van der Waals surface area contributed by atoms with Crippen molar-refractivity contribution in [2.45, 2.75) is 6.54 Å². The van der Waals surface area contributed by atoms with Gasteiger partial charge in [-0.05, 0) is 28.8 Å². The number of aliphatic hydroxyl groups excluding tert-OH is 1. The van der Waals surface area contributed by atoms with Gasteiger partial charge in [-0.15, -0.1) is 0 Å². The predicted octanol–water partition coefficient (Wildman–Crippen LogP) is 2.64. The van der Waals surface area contributed by atoms with E-state index in [0.717, 1.165) is 34.7 Å². The zero-order chi connectivity index (χ0) is 17.8. The van der Waals surface area contributed by atoms with E-state index in [2.05, 4.69) is 29.2 Å². The zero-order valence-corrected chi connectivity index (χ0v) is 15.4. The molecule has 0 spiro atoms. The highest BCUT2D eigenvalue weighted by Crippen LogP contribution is 2.37. The van der Waals surface area contributed by atoms with Crippen molar-refractivity contribution in [3.05, 3.63) is 70.9 Å². The Bertz CT molecular complexity index is 802. The van der Waals surface area contributed by atoms with Gasteiger partial charge in [0.1, 0.15) is 5.75 Å². The Morgan fingerprint density at radius 1 is 1.20 bits per heavy atom. The Labute approximate surface area is 151 Å². The summed E-state index contributed by atoms with van der Waals surface area (Å²) in [6, 6.07) is 16.3. The molecule has 0 amide bonds. The standard InChI is InChI=1S/C20H23NO3S/c1-21-13-16-8-9-17(24-2)12-18(16)20(15-6-4-3-5-7-15)19(21)14-25(23)11-10-22/h3-9,12,22H,10-11,13-14H2,1-2H3. The number of ether oxygens (including phenoxy) is 1. The smallest absolute Gasteiger partial charge is 0.119 e. The van der Waals surface area contributed by atoms with Crippen LogP contribution in [0, 0.1) is 0 Å². The molecule has 0 aliphatic carbocycles. The lowest BCUT2D eigenvalue weighted by Crippen LogP contribution is -2.28. The SMILES string of the molecule is COc1ccc2c(c1)C(c1ccccc1)=C(CS(=O)CCO)N(C)C2. The number of fused-ring (bicyclic) bond motifs is 1. The van der Waals surface area contributed by atoms with Crippen LogP contribution in [0.4, 0.5) is 0 Å². The summed E-state index contributed by atoms with van der Waals surface area (Å²) < 4.78 is 17.8. The monoisotopic (exact) mass is 357 g/mol. The molecule has 0 radical (unpaired) electrons. The Morgan fingerprint density at radius 3 is 2.64 bits per heavy atom. The van der Waals surface area contributed by atoms with Crippen molar-refractivity contribution < 1.29 is 14.1 Å². The highest BCUT2D eigenvalue weighted by atomic mass is 32.2. The third-order valence-electron chi connectivity index (χ3n) is 4.42. The first kappa shape index (κ1) is 17.7. The molecular weight excluding hydrogens is 334 g/mol. The number of aliphatic hydroxyl groups is 1. The fourth-order valence-electron chi connectivity index (χ4n) is 3.19. The van der Waals surface area contributed by atoms with E-state index in [-0.39, 0.29) is 6.61 Å². The molecule has 1 unspecified atom stereocenters. The van der Waals surface area contributed by atoms with Crippen LogP contribution < -0.4 is 4.74 Å². The van der Waals surface area contributed by atoms with Gasteiger partial charge >= 0.3 is 0 Å². The van der Waals surface area contributed by atoms with E-state index in [0.29, 0.717) is 11.5 Å². The number of benzene rings is 2. The van der Waals surface area contributed by atoms with Crippen LogP contribution in [0.15, 0.2) is 54.2 Å². The second-order valence-electron chi connectivity index (χ2n) is 6.08. The molecule has 1 N–H and O–H groups in total. The Morgan fingerprint density at radius 2 is 1.96 bits per heavy atom. The third kappa shape index (κ3) is 3.78. The first-order valence-corrected chi connectivity index (χ1v) is 9.75. The summed E-state index contributed by atoms with van der Waals surface area (Å²) in [6.07, 6.45) is 0. The van der Waals surface area contributed by atoms with Crippen LogP contribution >= 0.6 is 0 Å². The lowest BCUT2D eigenvalue weighted by Gasteiger charge is -2.33. The molecule has 25 heavy (non-hydrogen) atoms. The van der Waals surface area contributed by atoms with E-state index in [4.69, 9.17) is 9.84 Å². The molecule has 2 aromatic carbocycles. The minimum atomic E-state index is -1.10. The van der Waals surface area contributed by atoms with Crippen LogP contribution in [-0.2, 0) is 17.3 Å². The molecule has 2 aromatic rings. The van der Waals surface area contributed by atoms with Crippen LogP contribution in [0.2, 0.25) is 0 Å². The summed E-state index contributed by atoms with van der Waals surface area (Å²) in [4.78, 5) is 2.16. The molecule has 1 atom stereocenters. The van der Waals surface area contributed by atoms with Crippen molar-refractivity contribution in [3.63, 3.8) is 0 Å². The molecule has 1 heterocycles. The van der Waals surface area contributed by atoms with Gasteiger partial charge in [-0.1, -0.05) is 36.4 Å². The van der Waals surface area contributed by atoms with Gasteiger partial charge in [-0.2, -0.15) is 0 Å². The molecule has 1 aliphatic heterocycles. The van der Waals surface area contributed by atoms with Crippen molar-refractivity contribution in [3.8, 4) is 5.75 Å². The maximum absolute atomic E-state index is 12.3. The summed E-state index contributed by atoms with van der Waals surface area (Å²) >= 11 is 0. The molecule has 0 fully saturated rings. The van der Waals surface area contributed by atoms with Gasteiger partial charge in [-0.3, -0.25) is 4.21 Å². The number of nitrogens with zero attached hydrogens (tertiary/aromatic N) is 1. The molecule has 0 saturated heterocycles. The van der Waals surface area contributed by atoms with Crippen molar-refractivity contribution in [1.29, 1.82) is 0 Å². The molecule has 0 aromatic heterocycles. The maximum Gasteiger partial charge on any atom is 0.119 e. The Hall–Kier alpha value is -2.11. The van der Waals surface area contributed by atoms with Crippen molar-refractivity contribution in [2.24, 2.45) is 0 Å². The first-order chi connectivity index (χ1) is 12.1. The largest absolute Gasteiger partial charge is 0.497 e.